The van der Waals surface area contributed by atoms with E-state index in [1.54, 1.807) is 7.11 Å². The van der Waals surface area contributed by atoms with Gasteiger partial charge in [-0.25, -0.2) is 0 Å². The summed E-state index contributed by atoms with van der Waals surface area (Å²) < 4.78 is 11.5. The molecule has 3 atom stereocenters. The molecule has 2 saturated heterocycles. The maximum Gasteiger partial charge on any atom is 0.262 e. The first kappa shape index (κ1) is 24.8. The molecule has 34 heavy (non-hydrogen) atoms. The Hall–Kier alpha value is -2.32. The number of hydrogen-bond donors (Lipinski definition) is 2. The molecule has 1 amide bonds. The van der Waals surface area contributed by atoms with Gasteiger partial charge >= 0.3 is 0 Å². The van der Waals surface area contributed by atoms with E-state index in [0.29, 0.717) is 36.2 Å². The van der Waals surface area contributed by atoms with E-state index in [1.165, 1.54) is 0 Å². The standard InChI is InChI=1S/C26H35ClN4O3/c1-5-22-24(18-7-9-19(27)10-8-18)29-26(28-22,25(32)31-15-13-30(3)14-16-31)21-12-11-20(33-4)17-23(21)34-6-2/h7-12,17,22,24,28-29H,5-6,13-16H2,1-4H3. The van der Waals surface area contributed by atoms with Crippen LogP contribution in [0, 0.1) is 0 Å². The average Bonchev–Trinajstić information content (AvgIpc) is 3.25. The molecule has 2 N–H and O–H groups in total. The number of nitrogens with one attached hydrogen (secondary N) is 2. The summed E-state index contributed by atoms with van der Waals surface area (Å²) in [7, 11) is 3.72. The van der Waals surface area contributed by atoms with Crippen molar-refractivity contribution in [2.24, 2.45) is 0 Å². The summed E-state index contributed by atoms with van der Waals surface area (Å²) >= 11 is 6.16. The molecule has 0 saturated carbocycles. The molecular formula is C26H35ClN4O3. The highest BCUT2D eigenvalue weighted by molar-refractivity contribution is 6.30. The molecule has 2 heterocycles. The highest BCUT2D eigenvalue weighted by Gasteiger charge is 2.53. The lowest BCUT2D eigenvalue weighted by atomic mass is 9.96. The van der Waals surface area contributed by atoms with Gasteiger partial charge in [-0.05, 0) is 50.2 Å². The number of ether oxygens (including phenoxy) is 2. The maximum absolute atomic E-state index is 14.3. The SMILES string of the molecule is CCOc1cc(OC)ccc1C1(C(=O)N2CCN(C)CC2)NC(CC)C(c2ccc(Cl)cc2)N1. The van der Waals surface area contributed by atoms with Crippen molar-refractivity contribution in [2.75, 3.05) is 46.9 Å². The second kappa shape index (κ2) is 10.5. The van der Waals surface area contributed by atoms with Crippen molar-refractivity contribution in [3.63, 3.8) is 0 Å². The largest absolute Gasteiger partial charge is 0.497 e. The van der Waals surface area contributed by atoms with E-state index >= 15 is 0 Å². The summed E-state index contributed by atoms with van der Waals surface area (Å²) in [6.07, 6.45) is 0.845. The number of piperazine rings is 1. The van der Waals surface area contributed by atoms with Gasteiger partial charge in [-0.2, -0.15) is 0 Å². The van der Waals surface area contributed by atoms with E-state index in [4.69, 9.17) is 21.1 Å². The normalized spacial score (nSPS) is 25.4. The number of benzene rings is 2. The van der Waals surface area contributed by atoms with Gasteiger partial charge in [-0.3, -0.25) is 15.4 Å². The van der Waals surface area contributed by atoms with Gasteiger partial charge in [-0.15, -0.1) is 0 Å². The van der Waals surface area contributed by atoms with Crippen LogP contribution in [-0.4, -0.2) is 68.7 Å². The van der Waals surface area contributed by atoms with E-state index in [0.717, 1.165) is 30.6 Å². The summed E-state index contributed by atoms with van der Waals surface area (Å²) in [6.45, 7) is 7.62. The number of hydrogen-bond acceptors (Lipinski definition) is 6. The minimum Gasteiger partial charge on any atom is -0.497 e. The number of halogens is 1. The van der Waals surface area contributed by atoms with Crippen LogP contribution >= 0.6 is 11.6 Å². The van der Waals surface area contributed by atoms with Crippen LogP contribution in [-0.2, 0) is 10.5 Å². The first-order valence-corrected chi connectivity index (χ1v) is 12.4. The van der Waals surface area contributed by atoms with Crippen LogP contribution in [0.3, 0.4) is 0 Å². The second-order valence-corrected chi connectivity index (χ2v) is 9.41. The number of carbonyl (C=O) groups excluding carboxylic acids is 1. The first-order chi connectivity index (χ1) is 16.4. The van der Waals surface area contributed by atoms with Gasteiger partial charge in [0.25, 0.3) is 5.91 Å². The van der Waals surface area contributed by atoms with Crippen LogP contribution in [0.25, 0.3) is 0 Å². The fraction of sp³-hybridized carbons (Fsp3) is 0.500. The fourth-order valence-electron chi connectivity index (χ4n) is 4.92. The number of carbonyl (C=O) groups is 1. The van der Waals surface area contributed by atoms with Gasteiger partial charge in [0.05, 0.1) is 13.7 Å². The third-order valence-corrected chi connectivity index (χ3v) is 7.10. The van der Waals surface area contributed by atoms with Gasteiger partial charge in [0.1, 0.15) is 11.5 Å². The Balaban J connectivity index is 1.81. The quantitative estimate of drug-likeness (QED) is 0.625. The van der Waals surface area contributed by atoms with Crippen molar-refractivity contribution >= 4 is 17.5 Å². The van der Waals surface area contributed by atoms with Crippen LogP contribution in [0.5, 0.6) is 11.5 Å². The number of amides is 1. The van der Waals surface area contributed by atoms with Crippen molar-refractivity contribution in [1.29, 1.82) is 0 Å². The molecular weight excluding hydrogens is 452 g/mol. The molecule has 2 aliphatic heterocycles. The summed E-state index contributed by atoms with van der Waals surface area (Å²) in [5, 5.41) is 8.12. The molecule has 2 aromatic rings. The minimum absolute atomic E-state index is 0.0154. The predicted octanol–water partition coefficient (Wildman–Crippen LogP) is 3.39. The van der Waals surface area contributed by atoms with Crippen molar-refractivity contribution in [1.82, 2.24) is 20.4 Å². The predicted molar refractivity (Wildman–Crippen MR) is 134 cm³/mol. The van der Waals surface area contributed by atoms with Crippen molar-refractivity contribution in [3.8, 4) is 11.5 Å². The van der Waals surface area contributed by atoms with Crippen molar-refractivity contribution < 1.29 is 14.3 Å². The second-order valence-electron chi connectivity index (χ2n) is 8.97. The van der Waals surface area contributed by atoms with Crippen LogP contribution in [0.1, 0.15) is 37.4 Å². The zero-order valence-corrected chi connectivity index (χ0v) is 21.2. The zero-order valence-electron chi connectivity index (χ0n) is 20.4. The first-order valence-electron chi connectivity index (χ1n) is 12.0. The number of rotatable bonds is 7. The molecule has 3 unspecified atom stereocenters. The summed E-state index contributed by atoms with van der Waals surface area (Å²) in [6, 6.07) is 13.5. The van der Waals surface area contributed by atoms with Gasteiger partial charge < -0.3 is 19.3 Å². The van der Waals surface area contributed by atoms with Gasteiger partial charge in [0.2, 0.25) is 0 Å². The molecule has 4 rings (SSSR count). The van der Waals surface area contributed by atoms with E-state index in [-0.39, 0.29) is 18.0 Å². The Morgan fingerprint density at radius 3 is 2.41 bits per heavy atom. The smallest absolute Gasteiger partial charge is 0.262 e. The molecule has 2 fully saturated rings. The van der Waals surface area contributed by atoms with Crippen molar-refractivity contribution in [3.05, 3.63) is 58.6 Å². The van der Waals surface area contributed by atoms with E-state index < -0.39 is 5.66 Å². The number of methoxy groups -OCH3 is 1. The van der Waals surface area contributed by atoms with Gasteiger partial charge in [0, 0.05) is 54.9 Å². The van der Waals surface area contributed by atoms with Gasteiger partial charge in [-0.1, -0.05) is 30.7 Å². The number of nitrogens with zero attached hydrogens (tertiary/aromatic N) is 2. The van der Waals surface area contributed by atoms with E-state index in [1.807, 2.05) is 54.3 Å². The molecule has 184 valence electrons. The minimum atomic E-state index is -1.13. The topological polar surface area (TPSA) is 66.1 Å². The molecule has 8 heteroatoms. The molecule has 2 aromatic carbocycles. The third-order valence-electron chi connectivity index (χ3n) is 6.85. The van der Waals surface area contributed by atoms with Crippen molar-refractivity contribution in [2.45, 2.75) is 38.0 Å². The summed E-state index contributed by atoms with van der Waals surface area (Å²) in [5.41, 5.74) is 0.731. The Morgan fingerprint density at radius 1 is 1.09 bits per heavy atom. The Morgan fingerprint density at radius 2 is 1.79 bits per heavy atom. The Kier molecular flexibility index (Phi) is 7.67. The van der Waals surface area contributed by atoms with E-state index in [2.05, 4.69) is 29.5 Å². The lowest BCUT2D eigenvalue weighted by Crippen LogP contribution is -2.62. The molecule has 0 bridgehead atoms. The number of likely N-dealkylation sites (N-methyl/N-ethyl adjacent to an activating group) is 1. The molecule has 0 aliphatic carbocycles. The average molecular weight is 487 g/mol. The monoisotopic (exact) mass is 486 g/mol. The molecule has 0 aromatic heterocycles. The van der Waals surface area contributed by atoms with Crippen LogP contribution in [0.4, 0.5) is 0 Å². The molecule has 7 nitrogen and oxygen atoms in total. The van der Waals surface area contributed by atoms with Gasteiger partial charge in [0.15, 0.2) is 5.66 Å². The molecule has 0 radical (unpaired) electrons. The highest BCUT2D eigenvalue weighted by atomic mass is 35.5. The Labute approximate surface area is 207 Å². The maximum atomic E-state index is 14.3. The summed E-state index contributed by atoms with van der Waals surface area (Å²) in [4.78, 5) is 18.5. The zero-order chi connectivity index (χ0) is 24.3. The Bertz CT molecular complexity index is 994. The summed E-state index contributed by atoms with van der Waals surface area (Å²) in [5.74, 6) is 1.34. The third kappa shape index (κ3) is 4.75. The van der Waals surface area contributed by atoms with Crippen LogP contribution < -0.4 is 20.1 Å². The molecule has 2 aliphatic rings. The van der Waals surface area contributed by atoms with Crippen LogP contribution in [0.2, 0.25) is 5.02 Å². The highest BCUT2D eigenvalue weighted by Crippen LogP contribution is 2.41. The molecule has 0 spiro atoms. The lowest BCUT2D eigenvalue weighted by Gasteiger charge is -2.40. The fourth-order valence-corrected chi connectivity index (χ4v) is 5.04. The van der Waals surface area contributed by atoms with E-state index in [9.17, 15) is 4.79 Å². The lowest BCUT2D eigenvalue weighted by molar-refractivity contribution is -0.141. The van der Waals surface area contributed by atoms with Crippen LogP contribution in [0.15, 0.2) is 42.5 Å².